The maximum absolute atomic E-state index is 11.5. The number of benzene rings is 1. The second kappa shape index (κ2) is 6.84. The molecule has 1 rings (SSSR count). The standard InChI is InChI=1S/C9H12OS.C2H6/c1-8(2)11(10)9-6-4-3-5-7-9;1-2/h3-8H,1-2H3;1-2H3. The molecule has 0 aliphatic rings. The zero-order chi connectivity index (χ0) is 10.3. The van der Waals surface area contributed by atoms with Crippen molar-refractivity contribution in [2.75, 3.05) is 0 Å². The van der Waals surface area contributed by atoms with Crippen molar-refractivity contribution >= 4 is 10.8 Å². The van der Waals surface area contributed by atoms with Crippen molar-refractivity contribution in [1.82, 2.24) is 0 Å². The second-order valence-corrected chi connectivity index (χ2v) is 4.67. The largest absolute Gasteiger partial charge is 0.254 e. The van der Waals surface area contributed by atoms with Crippen LogP contribution in [-0.2, 0) is 10.8 Å². The van der Waals surface area contributed by atoms with Crippen LogP contribution in [0.4, 0.5) is 0 Å². The molecule has 2 heteroatoms. The molecular formula is C11H18OS. The van der Waals surface area contributed by atoms with Gasteiger partial charge in [-0.05, 0) is 12.1 Å². The van der Waals surface area contributed by atoms with Crippen LogP contribution in [-0.4, -0.2) is 9.46 Å². The van der Waals surface area contributed by atoms with Crippen LogP contribution in [0.5, 0.6) is 0 Å². The van der Waals surface area contributed by atoms with Crippen molar-refractivity contribution in [3.63, 3.8) is 0 Å². The van der Waals surface area contributed by atoms with Gasteiger partial charge in [0.2, 0.25) is 0 Å². The Labute approximate surface area is 83.6 Å². The summed E-state index contributed by atoms with van der Waals surface area (Å²) < 4.78 is 11.5. The van der Waals surface area contributed by atoms with Gasteiger partial charge in [0.1, 0.15) is 0 Å². The third kappa shape index (κ3) is 4.23. The first-order chi connectivity index (χ1) is 6.22. The second-order valence-electron chi connectivity index (χ2n) is 2.66. The van der Waals surface area contributed by atoms with E-state index >= 15 is 0 Å². The van der Waals surface area contributed by atoms with Gasteiger partial charge in [-0.15, -0.1) is 0 Å². The van der Waals surface area contributed by atoms with E-state index in [4.69, 9.17) is 0 Å². The molecule has 0 saturated carbocycles. The fraction of sp³-hybridized carbons (Fsp3) is 0.455. The number of hydrogen-bond acceptors (Lipinski definition) is 1. The normalized spacial score (nSPS) is 11.8. The molecule has 0 aromatic heterocycles. The van der Waals surface area contributed by atoms with Gasteiger partial charge < -0.3 is 0 Å². The summed E-state index contributed by atoms with van der Waals surface area (Å²) in [4.78, 5) is 0.919. The molecule has 1 unspecified atom stereocenters. The lowest BCUT2D eigenvalue weighted by molar-refractivity contribution is 0.677. The molecule has 0 aliphatic carbocycles. The lowest BCUT2D eigenvalue weighted by Crippen LogP contribution is -2.04. The molecule has 0 aliphatic heterocycles. The predicted octanol–water partition coefficient (Wildman–Crippen LogP) is 3.23. The van der Waals surface area contributed by atoms with Crippen molar-refractivity contribution in [2.24, 2.45) is 0 Å². The fourth-order valence-electron chi connectivity index (χ4n) is 0.827. The van der Waals surface area contributed by atoms with E-state index in [0.29, 0.717) is 0 Å². The van der Waals surface area contributed by atoms with Gasteiger partial charge in [-0.25, -0.2) is 0 Å². The molecule has 0 bridgehead atoms. The van der Waals surface area contributed by atoms with Crippen molar-refractivity contribution in [1.29, 1.82) is 0 Å². The first kappa shape index (κ1) is 12.4. The molecule has 0 fully saturated rings. The summed E-state index contributed by atoms with van der Waals surface area (Å²) in [7, 11) is -0.835. The van der Waals surface area contributed by atoms with Gasteiger partial charge in [0, 0.05) is 10.1 Å². The van der Waals surface area contributed by atoms with Gasteiger partial charge >= 0.3 is 0 Å². The fourth-order valence-corrected chi connectivity index (χ4v) is 1.80. The molecule has 0 radical (unpaired) electrons. The Morgan fingerprint density at radius 1 is 1.08 bits per heavy atom. The first-order valence-electron chi connectivity index (χ1n) is 4.67. The van der Waals surface area contributed by atoms with E-state index in [0.717, 1.165) is 4.90 Å². The van der Waals surface area contributed by atoms with Crippen LogP contribution in [0.25, 0.3) is 0 Å². The minimum absolute atomic E-state index is 0.206. The molecular weight excluding hydrogens is 180 g/mol. The lowest BCUT2D eigenvalue weighted by Gasteiger charge is -2.03. The zero-order valence-electron chi connectivity index (χ0n) is 8.78. The molecule has 0 saturated heterocycles. The van der Waals surface area contributed by atoms with E-state index < -0.39 is 10.8 Å². The summed E-state index contributed by atoms with van der Waals surface area (Å²) >= 11 is 0. The third-order valence-electron chi connectivity index (χ3n) is 1.40. The van der Waals surface area contributed by atoms with Gasteiger partial charge in [-0.1, -0.05) is 45.9 Å². The van der Waals surface area contributed by atoms with Gasteiger partial charge in [0.25, 0.3) is 0 Å². The summed E-state index contributed by atoms with van der Waals surface area (Å²) in [6.45, 7) is 7.92. The number of rotatable bonds is 2. The van der Waals surface area contributed by atoms with E-state index in [-0.39, 0.29) is 5.25 Å². The first-order valence-corrected chi connectivity index (χ1v) is 5.88. The van der Waals surface area contributed by atoms with Crippen LogP contribution in [0.3, 0.4) is 0 Å². The summed E-state index contributed by atoms with van der Waals surface area (Å²) in [6, 6.07) is 9.55. The Bertz CT molecular complexity index is 242. The molecule has 0 amide bonds. The highest BCUT2D eigenvalue weighted by atomic mass is 32.2. The molecule has 0 heterocycles. The highest BCUT2D eigenvalue weighted by Crippen LogP contribution is 2.09. The molecule has 0 N–H and O–H groups in total. The van der Waals surface area contributed by atoms with Gasteiger partial charge in [-0.2, -0.15) is 0 Å². The third-order valence-corrected chi connectivity index (χ3v) is 3.00. The maximum Gasteiger partial charge on any atom is 0.0555 e. The summed E-state index contributed by atoms with van der Waals surface area (Å²) in [5, 5.41) is 0.206. The van der Waals surface area contributed by atoms with Crippen molar-refractivity contribution in [2.45, 2.75) is 37.8 Å². The molecule has 74 valence electrons. The number of hydrogen-bond donors (Lipinski definition) is 0. The Morgan fingerprint density at radius 3 is 1.92 bits per heavy atom. The quantitative estimate of drug-likeness (QED) is 0.713. The van der Waals surface area contributed by atoms with E-state index in [9.17, 15) is 4.21 Å². The Morgan fingerprint density at radius 2 is 1.54 bits per heavy atom. The smallest absolute Gasteiger partial charge is 0.0555 e. The van der Waals surface area contributed by atoms with Crippen LogP contribution in [0.1, 0.15) is 27.7 Å². The summed E-state index contributed by atoms with van der Waals surface area (Å²) in [5.41, 5.74) is 0. The predicted molar refractivity (Wildman–Crippen MR) is 59.3 cm³/mol. The average Bonchev–Trinajstić information content (AvgIpc) is 2.21. The highest BCUT2D eigenvalue weighted by Gasteiger charge is 2.05. The van der Waals surface area contributed by atoms with E-state index in [1.54, 1.807) is 0 Å². The minimum Gasteiger partial charge on any atom is -0.254 e. The summed E-state index contributed by atoms with van der Waals surface area (Å²) in [5.74, 6) is 0. The Balaban J connectivity index is 0.000000671. The zero-order valence-corrected chi connectivity index (χ0v) is 9.60. The van der Waals surface area contributed by atoms with Crippen molar-refractivity contribution in [3.8, 4) is 0 Å². The average molecular weight is 198 g/mol. The van der Waals surface area contributed by atoms with Crippen molar-refractivity contribution in [3.05, 3.63) is 30.3 Å². The van der Waals surface area contributed by atoms with E-state index in [1.807, 2.05) is 58.0 Å². The SMILES string of the molecule is CC.CC(C)S(=O)c1ccccc1. The maximum atomic E-state index is 11.5. The monoisotopic (exact) mass is 198 g/mol. The Kier molecular flexibility index (Phi) is 6.51. The lowest BCUT2D eigenvalue weighted by atomic mass is 10.4. The molecule has 1 atom stereocenters. The summed E-state index contributed by atoms with van der Waals surface area (Å²) in [6.07, 6.45) is 0. The molecule has 1 aromatic carbocycles. The van der Waals surface area contributed by atoms with E-state index in [2.05, 4.69) is 0 Å². The minimum atomic E-state index is -0.835. The van der Waals surface area contributed by atoms with Gasteiger partial charge in [0.05, 0.1) is 10.8 Å². The molecule has 13 heavy (non-hydrogen) atoms. The van der Waals surface area contributed by atoms with Crippen LogP contribution < -0.4 is 0 Å². The van der Waals surface area contributed by atoms with Crippen LogP contribution in [0.15, 0.2) is 35.2 Å². The van der Waals surface area contributed by atoms with Crippen molar-refractivity contribution < 1.29 is 4.21 Å². The van der Waals surface area contributed by atoms with Crippen LogP contribution in [0, 0.1) is 0 Å². The highest BCUT2D eigenvalue weighted by molar-refractivity contribution is 7.85. The van der Waals surface area contributed by atoms with E-state index in [1.165, 1.54) is 0 Å². The Hall–Kier alpha value is -0.630. The molecule has 1 nitrogen and oxygen atoms in total. The topological polar surface area (TPSA) is 17.1 Å². The van der Waals surface area contributed by atoms with Crippen LogP contribution >= 0.6 is 0 Å². The van der Waals surface area contributed by atoms with Gasteiger partial charge in [0.15, 0.2) is 0 Å². The van der Waals surface area contributed by atoms with Crippen LogP contribution in [0.2, 0.25) is 0 Å². The molecule has 1 aromatic rings. The van der Waals surface area contributed by atoms with Gasteiger partial charge in [-0.3, -0.25) is 4.21 Å². The molecule has 0 spiro atoms.